The average molecular weight is 1060 g/mol. The molecule has 0 saturated heterocycles. The molecule has 3 N–H and O–H groups in total. The monoisotopic (exact) mass is 1060 g/mol. The molecule has 0 fully saturated rings. The highest BCUT2D eigenvalue weighted by molar-refractivity contribution is 7.47. The zero-order valence-corrected chi connectivity index (χ0v) is 48.6. The van der Waals surface area contributed by atoms with Crippen molar-refractivity contribution in [2.75, 3.05) is 26.4 Å². The van der Waals surface area contributed by atoms with Gasteiger partial charge in [0.15, 0.2) is 6.10 Å². The van der Waals surface area contributed by atoms with E-state index in [1.54, 1.807) is 0 Å². The zero-order chi connectivity index (χ0) is 54.5. The molecule has 0 bridgehead atoms. The number of allylic oxidation sites excluding steroid dienone is 20. The van der Waals surface area contributed by atoms with E-state index in [-0.39, 0.29) is 38.6 Å². The van der Waals surface area contributed by atoms with Crippen LogP contribution in [0.5, 0.6) is 0 Å². The van der Waals surface area contributed by atoms with Gasteiger partial charge in [-0.2, -0.15) is 0 Å². The van der Waals surface area contributed by atoms with Crippen molar-refractivity contribution in [1.29, 1.82) is 0 Å². The number of rotatable bonds is 55. The van der Waals surface area contributed by atoms with Gasteiger partial charge in [0.2, 0.25) is 0 Å². The fourth-order valence-corrected chi connectivity index (χ4v) is 8.72. The summed E-state index contributed by atoms with van der Waals surface area (Å²) < 4.78 is 33.0. The van der Waals surface area contributed by atoms with Crippen molar-refractivity contribution in [2.45, 2.75) is 251 Å². The standard InChI is InChI=1S/C65H110NO8P/c1-3-5-7-9-11-13-15-17-19-20-21-22-23-24-25-26-27-28-29-30-31-32-33-34-35-36-37-38-39-40-41-42-44-46-48-50-52-54-56-58-65(68)74-63(62-73-75(69,70)72-60-59-66)61-71-64(67)57-55-53-51-49-47-45-43-18-16-14-12-10-8-6-4-2/h5,7,11,13,17,19,21-22,24-25,27-28,30-31,33-34,36-37,39-40,63H,3-4,6,8-10,12,14-16,18,20,23,26,29,32,35,38,41-62,66H2,1-2H3,(H,69,70)/b7-5-,13-11-,19-17-,22-21-,25-24-,28-27-,31-30-,34-33-,37-36-,40-39-. The van der Waals surface area contributed by atoms with E-state index in [2.05, 4.69) is 135 Å². The number of phosphoric acid groups is 1. The highest BCUT2D eigenvalue weighted by atomic mass is 31.2. The second-order valence-electron chi connectivity index (χ2n) is 19.5. The summed E-state index contributed by atoms with van der Waals surface area (Å²) in [4.78, 5) is 35.1. The Morgan fingerprint density at radius 3 is 1.09 bits per heavy atom. The molecule has 10 heteroatoms. The molecule has 0 amide bonds. The van der Waals surface area contributed by atoms with Gasteiger partial charge in [-0.1, -0.05) is 264 Å². The summed E-state index contributed by atoms with van der Waals surface area (Å²) >= 11 is 0. The first kappa shape index (κ1) is 71.4. The van der Waals surface area contributed by atoms with E-state index >= 15 is 0 Å². The zero-order valence-electron chi connectivity index (χ0n) is 47.7. The Balaban J connectivity index is 3.98. The van der Waals surface area contributed by atoms with E-state index in [0.29, 0.717) is 6.42 Å². The Labute approximate surface area is 460 Å². The first-order valence-corrected chi connectivity index (χ1v) is 31.5. The van der Waals surface area contributed by atoms with E-state index in [1.165, 1.54) is 103 Å². The highest BCUT2D eigenvalue weighted by Crippen LogP contribution is 2.43. The molecule has 0 spiro atoms. The number of hydrogen-bond acceptors (Lipinski definition) is 8. The minimum absolute atomic E-state index is 0.0479. The van der Waals surface area contributed by atoms with Gasteiger partial charge in [-0.3, -0.25) is 18.6 Å². The Hall–Kier alpha value is -3.59. The maximum atomic E-state index is 12.7. The maximum absolute atomic E-state index is 12.7. The second-order valence-corrected chi connectivity index (χ2v) is 20.9. The van der Waals surface area contributed by atoms with Crippen LogP contribution in [0.25, 0.3) is 0 Å². The topological polar surface area (TPSA) is 134 Å². The molecule has 75 heavy (non-hydrogen) atoms. The van der Waals surface area contributed by atoms with Crippen molar-refractivity contribution in [3.63, 3.8) is 0 Å². The second kappa shape index (κ2) is 59.7. The van der Waals surface area contributed by atoms with E-state index in [0.717, 1.165) is 109 Å². The number of phosphoric ester groups is 1. The quantitative estimate of drug-likeness (QED) is 0.0264. The lowest BCUT2D eigenvalue weighted by Crippen LogP contribution is -2.29. The van der Waals surface area contributed by atoms with E-state index in [9.17, 15) is 19.0 Å². The molecule has 0 heterocycles. The molecule has 2 atom stereocenters. The summed E-state index contributed by atoms with van der Waals surface area (Å²) in [5, 5.41) is 0. The summed E-state index contributed by atoms with van der Waals surface area (Å²) in [6.07, 6.45) is 82.6. The normalized spacial score (nSPS) is 13.9. The van der Waals surface area contributed by atoms with Gasteiger partial charge in [0.1, 0.15) is 6.61 Å². The predicted octanol–water partition coefficient (Wildman–Crippen LogP) is 19.2. The largest absolute Gasteiger partial charge is 0.472 e. The molecule has 0 aliphatic carbocycles. The Kier molecular flexibility index (Phi) is 56.8. The third kappa shape index (κ3) is 59.5. The number of ether oxygens (including phenoxy) is 2. The molecule has 0 radical (unpaired) electrons. The van der Waals surface area contributed by atoms with Crippen LogP contribution < -0.4 is 5.73 Å². The number of esters is 2. The molecule has 0 rings (SSSR count). The molecule has 0 aromatic heterocycles. The third-order valence-corrected chi connectivity index (χ3v) is 13.3. The van der Waals surface area contributed by atoms with Crippen LogP contribution in [0.15, 0.2) is 122 Å². The Morgan fingerprint density at radius 1 is 0.413 bits per heavy atom. The van der Waals surface area contributed by atoms with Crippen molar-refractivity contribution in [1.82, 2.24) is 0 Å². The minimum Gasteiger partial charge on any atom is -0.462 e. The lowest BCUT2D eigenvalue weighted by Gasteiger charge is -2.19. The molecule has 0 aromatic carbocycles. The van der Waals surface area contributed by atoms with Crippen LogP contribution in [-0.4, -0.2) is 49.3 Å². The van der Waals surface area contributed by atoms with Crippen LogP contribution >= 0.6 is 7.82 Å². The summed E-state index contributed by atoms with van der Waals surface area (Å²) in [7, 11) is -4.39. The van der Waals surface area contributed by atoms with Crippen molar-refractivity contribution in [2.24, 2.45) is 5.73 Å². The van der Waals surface area contributed by atoms with Crippen LogP contribution in [0.1, 0.15) is 245 Å². The van der Waals surface area contributed by atoms with Crippen LogP contribution in [0, 0.1) is 0 Å². The van der Waals surface area contributed by atoms with Crippen molar-refractivity contribution in [3.05, 3.63) is 122 Å². The summed E-state index contributed by atoms with van der Waals surface area (Å²) in [5.74, 6) is -0.838. The van der Waals surface area contributed by atoms with Gasteiger partial charge >= 0.3 is 19.8 Å². The number of nitrogens with two attached hydrogens (primary N) is 1. The van der Waals surface area contributed by atoms with E-state index in [4.69, 9.17) is 24.3 Å². The fourth-order valence-electron chi connectivity index (χ4n) is 7.96. The molecule has 0 aliphatic rings. The van der Waals surface area contributed by atoms with E-state index in [1.807, 2.05) is 0 Å². The lowest BCUT2D eigenvalue weighted by molar-refractivity contribution is -0.161. The van der Waals surface area contributed by atoms with E-state index < -0.39 is 26.5 Å². The summed E-state index contributed by atoms with van der Waals surface area (Å²) in [6.45, 7) is 3.62. The molecular weight excluding hydrogens is 954 g/mol. The highest BCUT2D eigenvalue weighted by Gasteiger charge is 2.26. The Morgan fingerprint density at radius 2 is 0.733 bits per heavy atom. The number of carbonyl (C=O) groups is 2. The lowest BCUT2D eigenvalue weighted by atomic mass is 10.0. The maximum Gasteiger partial charge on any atom is 0.472 e. The van der Waals surface area contributed by atoms with Crippen molar-refractivity contribution >= 4 is 19.8 Å². The van der Waals surface area contributed by atoms with Crippen LogP contribution in [-0.2, 0) is 32.7 Å². The number of carbonyl (C=O) groups excluding carboxylic acids is 2. The van der Waals surface area contributed by atoms with Gasteiger partial charge < -0.3 is 20.1 Å². The first-order chi connectivity index (χ1) is 36.8. The third-order valence-electron chi connectivity index (χ3n) is 12.4. The fraction of sp³-hybridized carbons (Fsp3) is 0.662. The molecule has 428 valence electrons. The van der Waals surface area contributed by atoms with Gasteiger partial charge in [-0.25, -0.2) is 4.57 Å². The predicted molar refractivity (Wildman–Crippen MR) is 321 cm³/mol. The van der Waals surface area contributed by atoms with Crippen LogP contribution in [0.3, 0.4) is 0 Å². The van der Waals surface area contributed by atoms with Crippen LogP contribution in [0.4, 0.5) is 0 Å². The number of hydrogen-bond donors (Lipinski definition) is 2. The SMILES string of the molecule is CC/C=C\C/C=C\C/C=C\C/C=C\C/C=C\C/C=C\C/C=C\C/C=C\C/C=C\C/C=C\CCCCCCCCCCC(=O)OC(COC(=O)CCCCCCCCCCCCCCCCC)COP(=O)(O)OCCN. The smallest absolute Gasteiger partial charge is 0.462 e. The molecule has 9 nitrogen and oxygen atoms in total. The summed E-state index contributed by atoms with van der Waals surface area (Å²) in [5.41, 5.74) is 5.38. The molecular formula is C65H110NO8P. The molecule has 0 aromatic rings. The van der Waals surface area contributed by atoms with Gasteiger partial charge in [0.25, 0.3) is 0 Å². The molecule has 2 unspecified atom stereocenters. The van der Waals surface area contributed by atoms with Gasteiger partial charge in [-0.05, 0) is 89.9 Å². The Bertz CT molecular complexity index is 1640. The van der Waals surface area contributed by atoms with Crippen LogP contribution in [0.2, 0.25) is 0 Å². The minimum atomic E-state index is -4.39. The van der Waals surface area contributed by atoms with Gasteiger partial charge in [-0.15, -0.1) is 0 Å². The molecule has 0 aliphatic heterocycles. The number of unbranched alkanes of at least 4 members (excludes halogenated alkanes) is 22. The van der Waals surface area contributed by atoms with Crippen molar-refractivity contribution < 1.29 is 37.6 Å². The molecule has 0 saturated carbocycles. The van der Waals surface area contributed by atoms with Gasteiger partial charge in [0.05, 0.1) is 13.2 Å². The van der Waals surface area contributed by atoms with Gasteiger partial charge in [0, 0.05) is 19.4 Å². The van der Waals surface area contributed by atoms with Crippen molar-refractivity contribution in [3.8, 4) is 0 Å². The first-order valence-electron chi connectivity index (χ1n) is 30.0. The average Bonchev–Trinajstić information content (AvgIpc) is 3.40. The summed E-state index contributed by atoms with van der Waals surface area (Å²) in [6, 6.07) is 0.